The first-order chi connectivity index (χ1) is 11.6. The lowest BCUT2D eigenvalue weighted by atomic mass is 10.3. The molecule has 0 bridgehead atoms. The largest absolute Gasteiger partial charge is 0.497 e. The van der Waals surface area contributed by atoms with Crippen LogP contribution in [-0.2, 0) is 0 Å². The zero-order chi connectivity index (χ0) is 16.9. The van der Waals surface area contributed by atoms with Crippen LogP contribution in [0.2, 0.25) is 0 Å². The number of aryl methyl sites for hydroxylation is 1. The smallest absolute Gasteiger partial charge is 0.229 e. The minimum absolute atomic E-state index is 0.524. The van der Waals surface area contributed by atoms with Crippen molar-refractivity contribution in [1.82, 2.24) is 9.97 Å². The lowest BCUT2D eigenvalue weighted by Crippen LogP contribution is -2.02. The third kappa shape index (κ3) is 3.92. The van der Waals surface area contributed by atoms with Crippen molar-refractivity contribution in [2.75, 3.05) is 23.5 Å². The Bertz CT molecular complexity index is 816. The van der Waals surface area contributed by atoms with Crippen LogP contribution in [0.3, 0.4) is 0 Å². The molecule has 6 nitrogen and oxygen atoms in total. The number of aromatic nitrogens is 2. The number of nitrogens with one attached hydrogen (secondary N) is 2. The highest BCUT2D eigenvalue weighted by Crippen LogP contribution is 2.21. The Morgan fingerprint density at radius 3 is 2.17 bits per heavy atom. The Morgan fingerprint density at radius 2 is 1.50 bits per heavy atom. The molecule has 6 heteroatoms. The van der Waals surface area contributed by atoms with Crippen LogP contribution in [0.1, 0.15) is 5.69 Å². The summed E-state index contributed by atoms with van der Waals surface area (Å²) in [6, 6.07) is 17.0. The summed E-state index contributed by atoms with van der Waals surface area (Å²) in [6.45, 7) is 1.93. The average molecular weight is 321 g/mol. The molecule has 0 aliphatic carbocycles. The minimum atomic E-state index is 0.524. The Kier molecular flexibility index (Phi) is 4.47. The van der Waals surface area contributed by atoms with Crippen molar-refractivity contribution in [3.63, 3.8) is 0 Å². The Morgan fingerprint density at radius 1 is 0.875 bits per heavy atom. The Labute approximate surface area is 140 Å². The first kappa shape index (κ1) is 15.6. The summed E-state index contributed by atoms with van der Waals surface area (Å²) in [7, 11) is 1.64. The maximum absolute atomic E-state index is 5.70. The number of methoxy groups -OCH3 is 1. The van der Waals surface area contributed by atoms with Gasteiger partial charge in [0.15, 0.2) is 0 Å². The van der Waals surface area contributed by atoms with Crippen LogP contribution in [0.25, 0.3) is 0 Å². The third-order valence-corrected chi connectivity index (χ3v) is 3.38. The van der Waals surface area contributed by atoms with Gasteiger partial charge in [0, 0.05) is 28.8 Å². The molecule has 3 aromatic rings. The molecule has 0 spiro atoms. The van der Waals surface area contributed by atoms with Gasteiger partial charge in [-0.2, -0.15) is 4.98 Å². The van der Waals surface area contributed by atoms with Gasteiger partial charge in [0.25, 0.3) is 0 Å². The maximum Gasteiger partial charge on any atom is 0.229 e. The van der Waals surface area contributed by atoms with Gasteiger partial charge >= 0.3 is 0 Å². The van der Waals surface area contributed by atoms with Crippen molar-refractivity contribution in [2.24, 2.45) is 0 Å². The van der Waals surface area contributed by atoms with Gasteiger partial charge < -0.3 is 21.1 Å². The first-order valence-electron chi connectivity index (χ1n) is 7.52. The van der Waals surface area contributed by atoms with Gasteiger partial charge in [-0.25, -0.2) is 4.98 Å². The third-order valence-electron chi connectivity index (χ3n) is 3.38. The number of ether oxygens (including phenoxy) is 1. The minimum Gasteiger partial charge on any atom is -0.497 e. The first-order valence-corrected chi connectivity index (χ1v) is 7.52. The van der Waals surface area contributed by atoms with Crippen LogP contribution >= 0.6 is 0 Å². The van der Waals surface area contributed by atoms with Gasteiger partial charge in [0.2, 0.25) is 5.95 Å². The highest BCUT2D eigenvalue weighted by Gasteiger charge is 2.04. The fourth-order valence-electron chi connectivity index (χ4n) is 2.21. The Balaban J connectivity index is 1.78. The number of nitrogens with zero attached hydrogens (tertiary/aromatic N) is 2. The van der Waals surface area contributed by atoms with Crippen molar-refractivity contribution in [2.45, 2.75) is 6.92 Å². The van der Waals surface area contributed by atoms with E-state index in [9.17, 15) is 0 Å². The number of nitrogens with two attached hydrogens (primary N) is 1. The van der Waals surface area contributed by atoms with Gasteiger partial charge in [-0.3, -0.25) is 0 Å². The van der Waals surface area contributed by atoms with E-state index in [4.69, 9.17) is 10.5 Å². The number of nitrogen functional groups attached to an aromatic ring is 1. The number of anilines is 5. The molecule has 0 radical (unpaired) electrons. The second kappa shape index (κ2) is 6.87. The van der Waals surface area contributed by atoms with E-state index in [1.54, 1.807) is 7.11 Å². The van der Waals surface area contributed by atoms with Crippen LogP contribution < -0.4 is 21.1 Å². The fourth-order valence-corrected chi connectivity index (χ4v) is 2.21. The topological polar surface area (TPSA) is 85.1 Å². The molecule has 2 aromatic carbocycles. The van der Waals surface area contributed by atoms with Crippen LogP contribution in [-0.4, -0.2) is 17.1 Å². The zero-order valence-corrected chi connectivity index (χ0v) is 13.6. The van der Waals surface area contributed by atoms with E-state index >= 15 is 0 Å². The van der Waals surface area contributed by atoms with E-state index in [0.29, 0.717) is 17.5 Å². The standard InChI is InChI=1S/C18H19N5O/c1-12-11-17(21-14-7-9-16(24-2)10-8-14)23-18(20-12)22-15-5-3-13(19)4-6-15/h3-11H,19H2,1-2H3,(H2,20,21,22,23). The summed E-state index contributed by atoms with van der Waals surface area (Å²) in [6.07, 6.45) is 0. The van der Waals surface area contributed by atoms with Gasteiger partial charge in [0.05, 0.1) is 7.11 Å². The van der Waals surface area contributed by atoms with E-state index in [2.05, 4.69) is 20.6 Å². The SMILES string of the molecule is COc1ccc(Nc2cc(C)nc(Nc3ccc(N)cc3)n2)cc1. The van der Waals surface area contributed by atoms with Gasteiger partial charge in [-0.05, 0) is 55.5 Å². The van der Waals surface area contributed by atoms with Gasteiger partial charge in [-0.1, -0.05) is 0 Å². The number of benzene rings is 2. The lowest BCUT2D eigenvalue weighted by molar-refractivity contribution is 0.415. The van der Waals surface area contributed by atoms with E-state index in [1.165, 1.54) is 0 Å². The monoisotopic (exact) mass is 321 g/mol. The predicted molar refractivity (Wildman–Crippen MR) is 97.2 cm³/mol. The maximum atomic E-state index is 5.70. The van der Waals surface area contributed by atoms with Crippen LogP contribution in [0.4, 0.5) is 28.8 Å². The molecule has 1 aromatic heterocycles. The normalized spacial score (nSPS) is 10.2. The van der Waals surface area contributed by atoms with E-state index in [0.717, 1.165) is 22.8 Å². The molecule has 0 amide bonds. The molecule has 122 valence electrons. The molecular formula is C18H19N5O. The molecule has 0 saturated heterocycles. The summed E-state index contributed by atoms with van der Waals surface area (Å²) >= 11 is 0. The molecule has 4 N–H and O–H groups in total. The van der Waals surface area contributed by atoms with E-state index in [-0.39, 0.29) is 0 Å². The summed E-state index contributed by atoms with van der Waals surface area (Å²) in [5.74, 6) is 2.05. The molecule has 0 atom stereocenters. The predicted octanol–water partition coefficient (Wildman–Crippen LogP) is 3.86. The molecule has 0 aliphatic rings. The lowest BCUT2D eigenvalue weighted by Gasteiger charge is -2.10. The summed E-state index contributed by atoms with van der Waals surface area (Å²) in [5, 5.41) is 6.44. The fraction of sp³-hybridized carbons (Fsp3) is 0.111. The Hall–Kier alpha value is -3.28. The second-order valence-electron chi connectivity index (χ2n) is 5.32. The van der Waals surface area contributed by atoms with Crippen molar-refractivity contribution < 1.29 is 4.74 Å². The van der Waals surface area contributed by atoms with Crippen molar-refractivity contribution >= 4 is 28.8 Å². The second-order valence-corrected chi connectivity index (χ2v) is 5.32. The molecule has 0 saturated carbocycles. The number of hydrogen-bond acceptors (Lipinski definition) is 6. The molecular weight excluding hydrogens is 302 g/mol. The molecule has 3 rings (SSSR count). The van der Waals surface area contributed by atoms with Crippen molar-refractivity contribution in [1.29, 1.82) is 0 Å². The quantitative estimate of drug-likeness (QED) is 0.619. The van der Waals surface area contributed by atoms with Crippen molar-refractivity contribution in [3.8, 4) is 5.75 Å². The summed E-state index contributed by atoms with van der Waals surface area (Å²) < 4.78 is 5.16. The molecule has 1 heterocycles. The van der Waals surface area contributed by atoms with E-state index < -0.39 is 0 Å². The molecule has 0 fully saturated rings. The molecule has 0 aliphatic heterocycles. The van der Waals surface area contributed by atoms with E-state index in [1.807, 2.05) is 61.5 Å². The van der Waals surface area contributed by atoms with Gasteiger partial charge in [-0.15, -0.1) is 0 Å². The van der Waals surface area contributed by atoms with Crippen LogP contribution in [0.15, 0.2) is 54.6 Å². The zero-order valence-electron chi connectivity index (χ0n) is 13.6. The highest BCUT2D eigenvalue weighted by atomic mass is 16.5. The van der Waals surface area contributed by atoms with Crippen molar-refractivity contribution in [3.05, 3.63) is 60.3 Å². The summed E-state index contributed by atoms with van der Waals surface area (Å²) in [4.78, 5) is 8.90. The number of hydrogen-bond donors (Lipinski definition) is 3. The molecule has 0 unspecified atom stereocenters. The highest BCUT2D eigenvalue weighted by molar-refractivity contribution is 5.61. The number of rotatable bonds is 5. The van der Waals surface area contributed by atoms with Crippen LogP contribution in [0.5, 0.6) is 5.75 Å². The molecule has 24 heavy (non-hydrogen) atoms. The van der Waals surface area contributed by atoms with Crippen LogP contribution in [0, 0.1) is 6.92 Å². The summed E-state index contributed by atoms with van der Waals surface area (Å²) in [5.41, 5.74) is 9.08. The average Bonchev–Trinajstić information content (AvgIpc) is 2.57. The van der Waals surface area contributed by atoms with Gasteiger partial charge in [0.1, 0.15) is 11.6 Å².